The van der Waals surface area contributed by atoms with Gasteiger partial charge in [-0.1, -0.05) is 36.8 Å². The molecule has 0 N–H and O–H groups in total. The van der Waals surface area contributed by atoms with E-state index in [0.29, 0.717) is 5.92 Å². The number of likely N-dealkylation sites (tertiary alicyclic amines) is 1. The largest absolute Gasteiger partial charge is 0.302 e. The number of nitrogens with zero attached hydrogens (tertiary/aromatic N) is 1. The van der Waals surface area contributed by atoms with Crippen LogP contribution >= 0.6 is 12.6 Å². The fourth-order valence-electron chi connectivity index (χ4n) is 3.79. The molecule has 0 bridgehead atoms. The second-order valence-corrected chi connectivity index (χ2v) is 6.32. The van der Waals surface area contributed by atoms with E-state index in [9.17, 15) is 0 Å². The van der Waals surface area contributed by atoms with Crippen molar-refractivity contribution in [2.75, 3.05) is 25.4 Å². The molecule has 1 aliphatic heterocycles. The third kappa shape index (κ3) is 2.60. The average Bonchev–Trinajstić information content (AvgIpc) is 2.97. The fourth-order valence-corrected chi connectivity index (χ4v) is 4.11. The van der Waals surface area contributed by atoms with Crippen LogP contribution in [0.15, 0.2) is 30.3 Å². The van der Waals surface area contributed by atoms with Crippen molar-refractivity contribution < 1.29 is 0 Å². The van der Waals surface area contributed by atoms with Crippen molar-refractivity contribution in [1.29, 1.82) is 0 Å². The molecule has 0 radical (unpaired) electrons. The van der Waals surface area contributed by atoms with Gasteiger partial charge < -0.3 is 4.90 Å². The van der Waals surface area contributed by atoms with Gasteiger partial charge in [0.15, 0.2) is 0 Å². The van der Waals surface area contributed by atoms with Gasteiger partial charge in [0, 0.05) is 25.6 Å². The number of benzene rings is 1. The first-order valence-corrected chi connectivity index (χ1v) is 7.88. The van der Waals surface area contributed by atoms with Gasteiger partial charge in [0.05, 0.1) is 0 Å². The molecule has 3 unspecified atom stereocenters. The molecule has 1 nitrogen and oxygen atoms in total. The molecule has 2 fully saturated rings. The van der Waals surface area contributed by atoms with Crippen LogP contribution in [0.1, 0.15) is 30.7 Å². The molecule has 3 rings (SSSR count). The van der Waals surface area contributed by atoms with Gasteiger partial charge in [-0.25, -0.2) is 0 Å². The average molecular weight is 261 g/mol. The maximum absolute atomic E-state index is 4.55. The van der Waals surface area contributed by atoms with Crippen molar-refractivity contribution in [3.05, 3.63) is 35.9 Å². The van der Waals surface area contributed by atoms with Crippen LogP contribution < -0.4 is 0 Å². The van der Waals surface area contributed by atoms with Crippen LogP contribution in [0.4, 0.5) is 0 Å². The van der Waals surface area contributed by atoms with Crippen molar-refractivity contribution in [3.8, 4) is 0 Å². The summed E-state index contributed by atoms with van der Waals surface area (Å²) < 4.78 is 0. The van der Waals surface area contributed by atoms with Gasteiger partial charge in [0.25, 0.3) is 0 Å². The number of thiol groups is 1. The van der Waals surface area contributed by atoms with Gasteiger partial charge >= 0.3 is 0 Å². The highest BCUT2D eigenvalue weighted by Gasteiger charge is 2.36. The van der Waals surface area contributed by atoms with Gasteiger partial charge in [0.1, 0.15) is 0 Å². The second-order valence-electron chi connectivity index (χ2n) is 5.96. The van der Waals surface area contributed by atoms with Crippen LogP contribution in [0.3, 0.4) is 0 Å². The molecule has 2 heteroatoms. The van der Waals surface area contributed by atoms with E-state index in [1.165, 1.54) is 44.5 Å². The lowest BCUT2D eigenvalue weighted by Gasteiger charge is -2.23. The number of hydrogen-bond acceptors (Lipinski definition) is 2. The van der Waals surface area contributed by atoms with Crippen LogP contribution in [0.5, 0.6) is 0 Å². The summed E-state index contributed by atoms with van der Waals surface area (Å²) in [7, 11) is 0. The first-order chi connectivity index (χ1) is 8.86. The van der Waals surface area contributed by atoms with E-state index in [0.717, 1.165) is 17.6 Å². The van der Waals surface area contributed by atoms with Crippen LogP contribution in [0, 0.1) is 11.8 Å². The molecule has 18 heavy (non-hydrogen) atoms. The van der Waals surface area contributed by atoms with E-state index in [-0.39, 0.29) is 0 Å². The lowest BCUT2D eigenvalue weighted by Crippen LogP contribution is -2.28. The molecular formula is C16H23NS. The third-order valence-corrected chi connectivity index (χ3v) is 5.21. The van der Waals surface area contributed by atoms with Crippen LogP contribution in [-0.4, -0.2) is 30.3 Å². The first kappa shape index (κ1) is 12.6. The Kier molecular flexibility index (Phi) is 3.95. The molecule has 2 aliphatic rings. The van der Waals surface area contributed by atoms with Crippen molar-refractivity contribution in [1.82, 2.24) is 4.90 Å². The van der Waals surface area contributed by atoms with Crippen LogP contribution in [0.25, 0.3) is 0 Å². The summed E-state index contributed by atoms with van der Waals surface area (Å²) in [5.74, 6) is 3.55. The van der Waals surface area contributed by atoms with Crippen molar-refractivity contribution in [3.63, 3.8) is 0 Å². The van der Waals surface area contributed by atoms with Gasteiger partial charge in [-0.2, -0.15) is 12.6 Å². The smallest absolute Gasteiger partial charge is 0.00584 e. The summed E-state index contributed by atoms with van der Waals surface area (Å²) in [6, 6.07) is 10.9. The number of rotatable bonds is 4. The molecule has 1 aromatic rings. The molecule has 0 aromatic heterocycles. The normalized spacial score (nSPS) is 29.4. The minimum absolute atomic E-state index is 0.591. The molecule has 0 spiro atoms. The maximum Gasteiger partial charge on any atom is 0.00584 e. The molecule has 1 heterocycles. The maximum atomic E-state index is 4.55. The topological polar surface area (TPSA) is 3.24 Å². The van der Waals surface area contributed by atoms with Crippen molar-refractivity contribution in [2.45, 2.75) is 25.2 Å². The summed E-state index contributed by atoms with van der Waals surface area (Å²) in [5, 5.41) is 0. The zero-order valence-corrected chi connectivity index (χ0v) is 11.9. The SMILES string of the molecule is SCC(CN1CC2CCCC2C1)c1ccccc1. The minimum atomic E-state index is 0.591. The van der Waals surface area contributed by atoms with E-state index >= 15 is 0 Å². The highest BCUT2D eigenvalue weighted by atomic mass is 32.1. The highest BCUT2D eigenvalue weighted by molar-refractivity contribution is 7.80. The molecule has 0 amide bonds. The van der Waals surface area contributed by atoms with Gasteiger partial charge in [-0.05, 0) is 36.0 Å². The van der Waals surface area contributed by atoms with E-state index < -0.39 is 0 Å². The highest BCUT2D eigenvalue weighted by Crippen LogP contribution is 2.38. The quantitative estimate of drug-likeness (QED) is 0.813. The monoisotopic (exact) mass is 261 g/mol. The molecule has 1 aliphatic carbocycles. The first-order valence-electron chi connectivity index (χ1n) is 7.25. The van der Waals surface area contributed by atoms with Gasteiger partial charge in [-0.3, -0.25) is 0 Å². The molecule has 1 saturated carbocycles. The molecule has 1 saturated heterocycles. The minimum Gasteiger partial charge on any atom is -0.302 e. The summed E-state index contributed by atoms with van der Waals surface area (Å²) in [6.07, 6.45) is 4.41. The Morgan fingerprint density at radius 2 is 1.78 bits per heavy atom. The van der Waals surface area contributed by atoms with Crippen LogP contribution in [-0.2, 0) is 0 Å². The number of hydrogen-bond donors (Lipinski definition) is 1. The molecule has 3 atom stereocenters. The molecule has 1 aromatic carbocycles. The van der Waals surface area contributed by atoms with E-state index in [1.54, 1.807) is 0 Å². The zero-order valence-electron chi connectivity index (χ0n) is 11.0. The van der Waals surface area contributed by atoms with Crippen molar-refractivity contribution >= 4 is 12.6 Å². The molecular weight excluding hydrogens is 238 g/mol. The standard InChI is InChI=1S/C16H23NS/c18-12-16(13-5-2-1-3-6-13)11-17-9-14-7-4-8-15(14)10-17/h1-3,5-6,14-16,18H,4,7-12H2. The van der Waals surface area contributed by atoms with E-state index in [1.807, 2.05) is 0 Å². The predicted octanol–water partition coefficient (Wildman–Crippen LogP) is 3.43. The van der Waals surface area contributed by atoms with E-state index in [4.69, 9.17) is 0 Å². The lowest BCUT2D eigenvalue weighted by molar-refractivity contribution is 0.297. The van der Waals surface area contributed by atoms with Crippen LogP contribution in [0.2, 0.25) is 0 Å². The van der Waals surface area contributed by atoms with Crippen molar-refractivity contribution in [2.24, 2.45) is 11.8 Å². The fraction of sp³-hybridized carbons (Fsp3) is 0.625. The van der Waals surface area contributed by atoms with Gasteiger partial charge in [-0.15, -0.1) is 0 Å². The Morgan fingerprint density at radius 1 is 1.11 bits per heavy atom. The Hall–Kier alpha value is -0.470. The number of fused-ring (bicyclic) bond motifs is 1. The van der Waals surface area contributed by atoms with Gasteiger partial charge in [0.2, 0.25) is 0 Å². The summed E-state index contributed by atoms with van der Waals surface area (Å²) in [6.45, 7) is 3.87. The zero-order chi connectivity index (χ0) is 12.4. The summed E-state index contributed by atoms with van der Waals surface area (Å²) >= 11 is 4.55. The Morgan fingerprint density at radius 3 is 2.39 bits per heavy atom. The second kappa shape index (κ2) is 5.66. The predicted molar refractivity (Wildman–Crippen MR) is 80.3 cm³/mol. The molecule has 98 valence electrons. The lowest BCUT2D eigenvalue weighted by atomic mass is 10.0. The summed E-state index contributed by atoms with van der Waals surface area (Å²) in [4.78, 5) is 2.68. The summed E-state index contributed by atoms with van der Waals surface area (Å²) in [5.41, 5.74) is 1.45. The Labute approximate surface area is 116 Å². The van der Waals surface area contributed by atoms with E-state index in [2.05, 4.69) is 47.9 Å². The Bertz CT molecular complexity index is 366. The Balaban J connectivity index is 1.61. The third-order valence-electron chi connectivity index (χ3n) is 4.77.